The van der Waals surface area contributed by atoms with Crippen LogP contribution >= 0.6 is 0 Å². The zero-order valence-corrected chi connectivity index (χ0v) is 17.0. The predicted octanol–water partition coefficient (Wildman–Crippen LogP) is 3.24. The number of nitrogens with zero attached hydrogens (tertiary/aromatic N) is 4. The van der Waals surface area contributed by atoms with Crippen LogP contribution in [-0.4, -0.2) is 47.1 Å². The maximum absolute atomic E-state index is 13.2. The molecule has 0 saturated heterocycles. The Kier molecular flexibility index (Phi) is 7.16. The molecule has 0 bridgehead atoms. The van der Waals surface area contributed by atoms with Crippen LogP contribution in [0.5, 0.6) is 0 Å². The van der Waals surface area contributed by atoms with Crippen molar-refractivity contribution in [2.75, 3.05) is 17.6 Å². The van der Waals surface area contributed by atoms with Gasteiger partial charge < -0.3 is 9.73 Å². The zero-order valence-electron chi connectivity index (χ0n) is 16.2. The molecule has 0 aliphatic rings. The molecule has 1 atom stereocenters. The summed E-state index contributed by atoms with van der Waals surface area (Å²) in [5, 5.41) is 9.32. The third-order valence-corrected chi connectivity index (χ3v) is 5.28. The summed E-state index contributed by atoms with van der Waals surface area (Å²) in [6, 6.07) is 3.75. The van der Waals surface area contributed by atoms with Gasteiger partial charge in [-0.25, -0.2) is 27.5 Å². The van der Waals surface area contributed by atoms with Crippen molar-refractivity contribution in [1.29, 1.82) is 0 Å². The highest BCUT2D eigenvalue weighted by molar-refractivity contribution is 7.89. The average Bonchev–Trinajstić information content (AvgIpc) is 3.21. The van der Waals surface area contributed by atoms with Crippen LogP contribution in [0, 0.1) is 5.82 Å². The van der Waals surface area contributed by atoms with Crippen molar-refractivity contribution in [3.8, 4) is 11.5 Å². The molecule has 3 rings (SSSR count). The predicted molar refractivity (Wildman–Crippen MR) is 101 cm³/mol. The van der Waals surface area contributed by atoms with Crippen LogP contribution in [0.3, 0.4) is 0 Å². The molecule has 2 heterocycles. The summed E-state index contributed by atoms with van der Waals surface area (Å²) in [5.41, 5.74) is 0.418. The van der Waals surface area contributed by atoms with E-state index in [1.807, 2.05) is 4.72 Å². The van der Waals surface area contributed by atoms with Gasteiger partial charge in [-0.2, -0.15) is 22.0 Å². The maximum atomic E-state index is 13.2. The molecule has 178 valence electrons. The third-order valence-electron chi connectivity index (χ3n) is 3.96. The van der Waals surface area contributed by atoms with Gasteiger partial charge in [0.15, 0.2) is 5.75 Å². The molecule has 0 aliphatic heterocycles. The van der Waals surface area contributed by atoms with Crippen LogP contribution in [0.4, 0.5) is 32.3 Å². The number of hydrogen-bond acceptors (Lipinski definition) is 8. The van der Waals surface area contributed by atoms with E-state index in [-0.39, 0.29) is 17.4 Å². The van der Waals surface area contributed by atoms with E-state index in [4.69, 9.17) is 4.42 Å². The molecular weight excluding hydrogens is 482 g/mol. The Morgan fingerprint density at radius 3 is 2.21 bits per heavy atom. The Balaban J connectivity index is 1.77. The van der Waals surface area contributed by atoms with Gasteiger partial charge in [0, 0.05) is 18.9 Å². The minimum atomic E-state index is -4.94. The molecule has 0 spiro atoms. The summed E-state index contributed by atoms with van der Waals surface area (Å²) in [6.07, 6.45) is -5.62. The number of hydrogen-bond donors (Lipinski definition) is 2. The fraction of sp³-hybridized carbons (Fsp3) is 0.294. The number of sulfonamides is 1. The highest BCUT2D eigenvalue weighted by Crippen LogP contribution is 2.24. The summed E-state index contributed by atoms with van der Waals surface area (Å²) in [5.74, 6) is -3.93. The maximum Gasteiger partial charge on any atom is 0.404 e. The minimum Gasteiger partial charge on any atom is -0.415 e. The number of anilines is 1. The highest BCUT2D eigenvalue weighted by atomic mass is 32.2. The first-order valence-corrected chi connectivity index (χ1v) is 10.6. The van der Waals surface area contributed by atoms with Gasteiger partial charge in [0.2, 0.25) is 16.0 Å². The number of nitrogens with one attached hydrogen (secondary N) is 2. The van der Waals surface area contributed by atoms with Gasteiger partial charge >= 0.3 is 12.6 Å². The summed E-state index contributed by atoms with van der Waals surface area (Å²) in [6.45, 7) is -0.545. The molecule has 33 heavy (non-hydrogen) atoms. The van der Waals surface area contributed by atoms with E-state index in [9.17, 15) is 34.8 Å². The van der Waals surface area contributed by atoms with Crippen molar-refractivity contribution in [3.05, 3.63) is 53.9 Å². The molecule has 1 unspecified atom stereocenters. The largest absolute Gasteiger partial charge is 0.415 e. The molecule has 0 fully saturated rings. The van der Waals surface area contributed by atoms with Gasteiger partial charge in [0.25, 0.3) is 11.8 Å². The quantitative estimate of drug-likeness (QED) is 0.433. The number of benzene rings is 1. The molecular formula is C17H14F6N6O3S. The first kappa shape index (κ1) is 24.4. The van der Waals surface area contributed by atoms with Crippen LogP contribution in [0.25, 0.3) is 11.5 Å². The molecule has 3 aromatic rings. The first-order chi connectivity index (χ1) is 15.4. The molecule has 2 aromatic heterocycles. The minimum absolute atomic E-state index is 0.100. The van der Waals surface area contributed by atoms with Gasteiger partial charge in [0.1, 0.15) is 5.82 Å². The van der Waals surface area contributed by atoms with Crippen molar-refractivity contribution in [1.82, 2.24) is 24.9 Å². The molecule has 9 nitrogen and oxygen atoms in total. The highest BCUT2D eigenvalue weighted by Gasteiger charge is 2.35. The van der Waals surface area contributed by atoms with Crippen LogP contribution in [0.2, 0.25) is 0 Å². The van der Waals surface area contributed by atoms with Gasteiger partial charge in [-0.1, -0.05) is 12.1 Å². The van der Waals surface area contributed by atoms with E-state index in [0.29, 0.717) is 5.56 Å². The van der Waals surface area contributed by atoms with Crippen molar-refractivity contribution in [2.24, 2.45) is 0 Å². The summed E-state index contributed by atoms with van der Waals surface area (Å²) < 4.78 is 106. The number of halogens is 6. The van der Waals surface area contributed by atoms with Crippen molar-refractivity contribution in [2.45, 2.75) is 18.6 Å². The van der Waals surface area contributed by atoms with Crippen molar-refractivity contribution >= 4 is 16.0 Å². The first-order valence-electron chi connectivity index (χ1n) is 8.92. The van der Waals surface area contributed by atoms with Crippen LogP contribution in [0.1, 0.15) is 23.9 Å². The van der Waals surface area contributed by atoms with Gasteiger partial charge in [0.05, 0.1) is 11.6 Å². The number of aromatic nitrogens is 4. The fourth-order valence-corrected chi connectivity index (χ4v) is 3.49. The fourth-order valence-electron chi connectivity index (χ4n) is 2.53. The molecule has 0 radical (unpaired) electrons. The smallest absolute Gasteiger partial charge is 0.404 e. The molecule has 1 aromatic carbocycles. The standard InChI is InChI=1S/C17H14F6N6O3S/c18-11-3-1-9(2-4-11)12(7-26-33(30,31)8-17(21,22)23)27-16-24-5-10(6-25-16)14-28-29-15(32-14)13(19)20/h1-6,12-13,26H,7-8H2,(H,24,25,27). The lowest BCUT2D eigenvalue weighted by molar-refractivity contribution is -0.106. The molecule has 0 amide bonds. The van der Waals surface area contributed by atoms with Gasteiger partial charge in [-0.05, 0) is 17.7 Å². The Labute approximate surface area is 182 Å². The van der Waals surface area contributed by atoms with E-state index in [1.165, 1.54) is 12.1 Å². The second kappa shape index (κ2) is 9.70. The second-order valence-electron chi connectivity index (χ2n) is 6.51. The van der Waals surface area contributed by atoms with E-state index in [0.717, 1.165) is 24.5 Å². The SMILES string of the molecule is O=S(=O)(CC(F)(F)F)NCC(Nc1ncc(-c2nnc(C(F)F)o2)cn1)c1ccc(F)cc1. The Bertz CT molecular complexity index is 1170. The van der Waals surface area contributed by atoms with Crippen LogP contribution < -0.4 is 10.0 Å². The lowest BCUT2D eigenvalue weighted by Crippen LogP contribution is -2.37. The Morgan fingerprint density at radius 1 is 1.03 bits per heavy atom. The normalized spacial score (nSPS) is 13.3. The summed E-state index contributed by atoms with van der Waals surface area (Å²) in [7, 11) is -4.71. The lowest BCUT2D eigenvalue weighted by atomic mass is 10.1. The molecule has 0 aliphatic carbocycles. The Hall–Kier alpha value is -3.27. The van der Waals surface area contributed by atoms with Crippen LogP contribution in [-0.2, 0) is 10.0 Å². The summed E-state index contributed by atoms with van der Waals surface area (Å²) in [4.78, 5) is 7.85. The monoisotopic (exact) mass is 496 g/mol. The van der Waals surface area contributed by atoms with E-state index in [1.54, 1.807) is 0 Å². The third kappa shape index (κ3) is 7.11. The zero-order chi connectivity index (χ0) is 24.2. The van der Waals surface area contributed by atoms with Crippen LogP contribution in [0.15, 0.2) is 41.1 Å². The van der Waals surface area contributed by atoms with Crippen molar-refractivity contribution in [3.63, 3.8) is 0 Å². The molecule has 0 saturated carbocycles. The number of rotatable bonds is 9. The van der Waals surface area contributed by atoms with E-state index in [2.05, 4.69) is 25.5 Å². The van der Waals surface area contributed by atoms with E-state index < -0.39 is 52.7 Å². The van der Waals surface area contributed by atoms with Gasteiger partial charge in [-0.15, -0.1) is 10.2 Å². The average molecular weight is 496 g/mol. The number of alkyl halides is 5. The van der Waals surface area contributed by atoms with Crippen molar-refractivity contribution < 1.29 is 39.2 Å². The summed E-state index contributed by atoms with van der Waals surface area (Å²) >= 11 is 0. The topological polar surface area (TPSA) is 123 Å². The van der Waals surface area contributed by atoms with E-state index >= 15 is 0 Å². The lowest BCUT2D eigenvalue weighted by Gasteiger charge is -2.20. The second-order valence-corrected chi connectivity index (χ2v) is 8.32. The Morgan fingerprint density at radius 2 is 1.67 bits per heavy atom. The van der Waals surface area contributed by atoms with Gasteiger partial charge in [-0.3, -0.25) is 0 Å². The molecule has 2 N–H and O–H groups in total. The molecule has 16 heteroatoms.